The highest BCUT2D eigenvalue weighted by Crippen LogP contribution is 2.11. The summed E-state index contributed by atoms with van der Waals surface area (Å²) in [5, 5.41) is 3.32. The Labute approximate surface area is 189 Å². The second-order valence-electron chi connectivity index (χ2n) is 7.60. The normalized spacial score (nSPS) is 10.9. The first-order valence-corrected chi connectivity index (χ1v) is 12.0. The van der Waals surface area contributed by atoms with E-state index in [2.05, 4.69) is 19.2 Å². The number of unbranched alkanes of at least 4 members (excludes halogenated alkanes) is 6. The van der Waals surface area contributed by atoms with Crippen LogP contribution in [0.2, 0.25) is 0 Å². The Morgan fingerprint density at radius 3 is 1.87 bits per heavy atom. The first-order valence-electron chi connectivity index (χ1n) is 12.0. The van der Waals surface area contributed by atoms with Crippen LogP contribution in [0.25, 0.3) is 0 Å². The van der Waals surface area contributed by atoms with Gasteiger partial charge < -0.3 is 24.3 Å². The van der Waals surface area contributed by atoms with Crippen LogP contribution in [-0.2, 0) is 18.9 Å². The second-order valence-corrected chi connectivity index (χ2v) is 7.60. The Balaban J connectivity index is 1.89. The molecule has 1 N–H and O–H groups in total. The van der Waals surface area contributed by atoms with Crippen molar-refractivity contribution in [2.24, 2.45) is 0 Å². The molecule has 0 radical (unpaired) electrons. The maximum absolute atomic E-state index is 12.0. The minimum atomic E-state index is -0.331. The first-order chi connectivity index (χ1) is 15.3. The molecule has 6 nitrogen and oxygen atoms in total. The van der Waals surface area contributed by atoms with Gasteiger partial charge >= 0.3 is 5.97 Å². The van der Waals surface area contributed by atoms with Crippen molar-refractivity contribution in [3.05, 3.63) is 29.8 Å². The Kier molecular flexibility index (Phi) is 17.9. The van der Waals surface area contributed by atoms with Crippen molar-refractivity contribution in [3.63, 3.8) is 0 Å². The third kappa shape index (κ3) is 15.8. The molecule has 0 saturated heterocycles. The minimum Gasteiger partial charge on any atom is -0.460 e. The third-order valence-corrected chi connectivity index (χ3v) is 4.83. The van der Waals surface area contributed by atoms with E-state index in [1.807, 2.05) is 12.1 Å². The zero-order valence-electron chi connectivity index (χ0n) is 19.7. The summed E-state index contributed by atoms with van der Waals surface area (Å²) < 4.78 is 21.7. The highest BCUT2D eigenvalue weighted by atomic mass is 16.6. The number of ether oxygens (including phenoxy) is 4. The molecule has 0 aliphatic carbocycles. The summed E-state index contributed by atoms with van der Waals surface area (Å²) in [5.41, 5.74) is 1.56. The maximum atomic E-state index is 12.0. The molecule has 0 fully saturated rings. The van der Waals surface area contributed by atoms with Gasteiger partial charge in [-0.25, -0.2) is 4.79 Å². The number of carbonyl (C=O) groups is 1. The molecule has 0 aliphatic rings. The average molecular weight is 438 g/mol. The fraction of sp³-hybridized carbons (Fsp3) is 0.720. The van der Waals surface area contributed by atoms with Crippen LogP contribution in [0, 0.1) is 0 Å². The van der Waals surface area contributed by atoms with E-state index in [9.17, 15) is 4.79 Å². The van der Waals surface area contributed by atoms with E-state index < -0.39 is 0 Å². The number of hydrogen-bond donors (Lipinski definition) is 1. The number of nitrogens with one attached hydrogen (secondary N) is 1. The molecule has 0 unspecified atom stereocenters. The van der Waals surface area contributed by atoms with E-state index in [0.717, 1.165) is 38.1 Å². The van der Waals surface area contributed by atoms with E-state index >= 15 is 0 Å². The molecular formula is C25H43NO5. The molecule has 0 aliphatic heterocycles. The molecule has 1 rings (SSSR count). The molecule has 31 heavy (non-hydrogen) atoms. The van der Waals surface area contributed by atoms with Gasteiger partial charge in [-0.2, -0.15) is 0 Å². The van der Waals surface area contributed by atoms with Gasteiger partial charge in [0, 0.05) is 18.8 Å². The molecule has 1 aromatic carbocycles. The standard InChI is InChI=1S/C25H43NO5/c1-3-5-7-8-9-10-16-28-17-18-29-19-20-30-21-22-31-25(27)23-11-13-24(14-12-23)26-15-6-4-2/h11-14,26H,3-10,15-22H2,1-2H3. The second kappa shape index (κ2) is 20.3. The van der Waals surface area contributed by atoms with Gasteiger partial charge in [-0.15, -0.1) is 0 Å². The molecule has 0 bridgehead atoms. The molecular weight excluding hydrogens is 394 g/mol. The van der Waals surface area contributed by atoms with Crippen LogP contribution in [0.15, 0.2) is 24.3 Å². The van der Waals surface area contributed by atoms with Gasteiger partial charge in [0.1, 0.15) is 6.61 Å². The van der Waals surface area contributed by atoms with E-state index in [1.54, 1.807) is 12.1 Å². The molecule has 0 atom stereocenters. The van der Waals surface area contributed by atoms with Gasteiger partial charge in [0.2, 0.25) is 0 Å². The third-order valence-electron chi connectivity index (χ3n) is 4.83. The van der Waals surface area contributed by atoms with Crippen molar-refractivity contribution in [2.75, 3.05) is 58.1 Å². The molecule has 0 heterocycles. The van der Waals surface area contributed by atoms with Crippen molar-refractivity contribution in [1.82, 2.24) is 0 Å². The van der Waals surface area contributed by atoms with Crippen molar-refractivity contribution >= 4 is 11.7 Å². The number of benzene rings is 1. The summed E-state index contributed by atoms with van der Waals surface area (Å²) >= 11 is 0. The molecule has 0 aromatic heterocycles. The Bertz CT molecular complexity index is 535. The van der Waals surface area contributed by atoms with E-state index in [0.29, 0.717) is 38.6 Å². The lowest BCUT2D eigenvalue weighted by molar-refractivity contribution is 0.000185. The number of rotatable bonds is 21. The quantitative estimate of drug-likeness (QED) is 0.203. The SMILES string of the molecule is CCCCCCCCOCCOCCOCCOC(=O)c1ccc(NCCCC)cc1. The van der Waals surface area contributed by atoms with Crippen LogP contribution < -0.4 is 5.32 Å². The molecule has 1 aromatic rings. The van der Waals surface area contributed by atoms with Crippen LogP contribution in [0.5, 0.6) is 0 Å². The van der Waals surface area contributed by atoms with Crippen LogP contribution in [0.4, 0.5) is 5.69 Å². The van der Waals surface area contributed by atoms with Crippen LogP contribution in [0.1, 0.15) is 75.6 Å². The Morgan fingerprint density at radius 2 is 1.23 bits per heavy atom. The summed E-state index contributed by atoms with van der Waals surface area (Å²) in [6.07, 6.45) is 9.93. The fourth-order valence-electron chi connectivity index (χ4n) is 2.94. The highest BCUT2D eigenvalue weighted by molar-refractivity contribution is 5.89. The van der Waals surface area contributed by atoms with E-state index in [4.69, 9.17) is 18.9 Å². The first kappa shape index (κ1) is 27.4. The summed E-state index contributed by atoms with van der Waals surface area (Å²) in [7, 11) is 0. The number of hydrogen-bond acceptors (Lipinski definition) is 6. The van der Waals surface area contributed by atoms with Crippen molar-refractivity contribution < 1.29 is 23.7 Å². The van der Waals surface area contributed by atoms with Crippen LogP contribution in [-0.4, -0.2) is 58.8 Å². The summed E-state index contributed by atoms with van der Waals surface area (Å²) in [4.78, 5) is 12.0. The number of anilines is 1. The molecule has 0 amide bonds. The predicted molar refractivity (Wildman–Crippen MR) is 126 cm³/mol. The lowest BCUT2D eigenvalue weighted by Crippen LogP contribution is -2.14. The fourth-order valence-corrected chi connectivity index (χ4v) is 2.94. The monoisotopic (exact) mass is 437 g/mol. The lowest BCUT2D eigenvalue weighted by atomic mass is 10.1. The van der Waals surface area contributed by atoms with Crippen molar-refractivity contribution in [1.29, 1.82) is 0 Å². The molecule has 178 valence electrons. The maximum Gasteiger partial charge on any atom is 0.338 e. The summed E-state index contributed by atoms with van der Waals surface area (Å²) in [5.74, 6) is -0.331. The van der Waals surface area contributed by atoms with Crippen LogP contribution >= 0.6 is 0 Å². The van der Waals surface area contributed by atoms with Gasteiger partial charge in [-0.3, -0.25) is 0 Å². The largest absolute Gasteiger partial charge is 0.460 e. The van der Waals surface area contributed by atoms with Gasteiger partial charge in [0.15, 0.2) is 0 Å². The van der Waals surface area contributed by atoms with Gasteiger partial charge in [0.25, 0.3) is 0 Å². The Hall–Kier alpha value is -1.63. The topological polar surface area (TPSA) is 66.0 Å². The van der Waals surface area contributed by atoms with Crippen LogP contribution in [0.3, 0.4) is 0 Å². The molecule has 6 heteroatoms. The lowest BCUT2D eigenvalue weighted by Gasteiger charge is -2.08. The van der Waals surface area contributed by atoms with E-state index in [1.165, 1.54) is 32.1 Å². The summed E-state index contributed by atoms with van der Waals surface area (Å²) in [6.45, 7) is 8.94. The smallest absolute Gasteiger partial charge is 0.338 e. The highest BCUT2D eigenvalue weighted by Gasteiger charge is 2.06. The van der Waals surface area contributed by atoms with Crippen molar-refractivity contribution in [2.45, 2.75) is 65.2 Å². The molecule has 0 saturated carbocycles. The van der Waals surface area contributed by atoms with E-state index in [-0.39, 0.29) is 12.6 Å². The number of carbonyl (C=O) groups excluding carboxylic acids is 1. The van der Waals surface area contributed by atoms with Gasteiger partial charge in [-0.1, -0.05) is 52.4 Å². The zero-order valence-corrected chi connectivity index (χ0v) is 19.7. The van der Waals surface area contributed by atoms with Crippen molar-refractivity contribution in [3.8, 4) is 0 Å². The van der Waals surface area contributed by atoms with Gasteiger partial charge in [-0.05, 0) is 37.1 Å². The Morgan fingerprint density at radius 1 is 0.677 bits per heavy atom. The zero-order chi connectivity index (χ0) is 22.4. The predicted octanol–water partition coefficient (Wildman–Crippen LogP) is 5.47. The minimum absolute atomic E-state index is 0.233. The molecule has 0 spiro atoms. The summed E-state index contributed by atoms with van der Waals surface area (Å²) in [6, 6.07) is 7.36. The number of esters is 1. The van der Waals surface area contributed by atoms with Gasteiger partial charge in [0.05, 0.1) is 38.6 Å². The average Bonchev–Trinajstić information content (AvgIpc) is 2.79.